The normalized spacial score (nSPS) is 26.9. The largest absolute Gasteiger partial charge is 0.481 e. The van der Waals surface area contributed by atoms with Crippen LogP contribution in [0.25, 0.3) is 0 Å². The van der Waals surface area contributed by atoms with Gasteiger partial charge in [0.2, 0.25) is 11.8 Å². The second kappa shape index (κ2) is 4.77. The molecule has 2 rings (SSSR count). The Labute approximate surface area is 104 Å². The van der Waals surface area contributed by atoms with Crippen LogP contribution in [-0.4, -0.2) is 47.4 Å². The SMILES string of the molecule is COc1ccnc(NC2COCC2(C)C(=O)O)n1. The quantitative estimate of drug-likeness (QED) is 0.801. The predicted octanol–water partition coefficient (Wildman–Crippen LogP) is 0.387. The van der Waals surface area contributed by atoms with Crippen LogP contribution in [0.15, 0.2) is 12.3 Å². The number of hydrogen-bond acceptors (Lipinski definition) is 6. The maximum Gasteiger partial charge on any atom is 0.313 e. The first-order chi connectivity index (χ1) is 8.56. The summed E-state index contributed by atoms with van der Waals surface area (Å²) in [6.45, 7) is 2.12. The summed E-state index contributed by atoms with van der Waals surface area (Å²) in [6, 6.07) is 1.24. The maximum absolute atomic E-state index is 11.3. The fourth-order valence-corrected chi connectivity index (χ4v) is 1.77. The van der Waals surface area contributed by atoms with Crippen LogP contribution in [0.3, 0.4) is 0 Å². The zero-order valence-corrected chi connectivity index (χ0v) is 10.2. The summed E-state index contributed by atoms with van der Waals surface area (Å²) in [4.78, 5) is 19.4. The van der Waals surface area contributed by atoms with Gasteiger partial charge in [0.1, 0.15) is 5.41 Å². The molecule has 18 heavy (non-hydrogen) atoms. The highest BCUT2D eigenvalue weighted by molar-refractivity contribution is 5.76. The highest BCUT2D eigenvalue weighted by atomic mass is 16.5. The molecule has 1 aromatic rings. The van der Waals surface area contributed by atoms with Crippen molar-refractivity contribution in [3.8, 4) is 5.88 Å². The lowest BCUT2D eigenvalue weighted by atomic mass is 9.85. The van der Waals surface area contributed by atoms with Crippen LogP contribution in [0.1, 0.15) is 6.92 Å². The van der Waals surface area contributed by atoms with E-state index in [2.05, 4.69) is 15.3 Å². The molecule has 7 nitrogen and oxygen atoms in total. The third kappa shape index (κ3) is 2.21. The average Bonchev–Trinajstić information content (AvgIpc) is 2.73. The molecule has 1 aliphatic rings. The van der Waals surface area contributed by atoms with E-state index in [4.69, 9.17) is 9.47 Å². The van der Waals surface area contributed by atoms with E-state index in [9.17, 15) is 9.90 Å². The number of anilines is 1. The standard InChI is InChI=1S/C11H15N3O4/c1-11(9(15)16)6-18-5-7(11)13-10-12-4-3-8(14-10)17-2/h3-4,7H,5-6H2,1-2H3,(H,15,16)(H,12,13,14). The van der Waals surface area contributed by atoms with Gasteiger partial charge in [0, 0.05) is 12.3 Å². The molecule has 0 saturated carbocycles. The van der Waals surface area contributed by atoms with Gasteiger partial charge in [-0.2, -0.15) is 4.98 Å². The molecule has 98 valence electrons. The zero-order chi connectivity index (χ0) is 13.2. The van der Waals surface area contributed by atoms with Crippen molar-refractivity contribution in [3.05, 3.63) is 12.3 Å². The molecule has 0 amide bonds. The molecule has 0 spiro atoms. The zero-order valence-electron chi connectivity index (χ0n) is 10.2. The lowest BCUT2D eigenvalue weighted by molar-refractivity contribution is -0.148. The molecule has 0 aliphatic carbocycles. The molecule has 1 aromatic heterocycles. The van der Waals surface area contributed by atoms with Gasteiger partial charge in [-0.25, -0.2) is 4.98 Å². The van der Waals surface area contributed by atoms with Crippen LogP contribution < -0.4 is 10.1 Å². The van der Waals surface area contributed by atoms with E-state index in [1.807, 2.05) is 0 Å². The van der Waals surface area contributed by atoms with Crippen LogP contribution >= 0.6 is 0 Å². The number of nitrogens with zero attached hydrogens (tertiary/aromatic N) is 2. The van der Waals surface area contributed by atoms with E-state index in [-0.39, 0.29) is 12.6 Å². The molecule has 1 aliphatic heterocycles. The lowest BCUT2D eigenvalue weighted by Crippen LogP contribution is -2.43. The Morgan fingerprint density at radius 1 is 1.72 bits per heavy atom. The molecule has 2 heterocycles. The van der Waals surface area contributed by atoms with E-state index in [1.54, 1.807) is 19.2 Å². The van der Waals surface area contributed by atoms with Gasteiger partial charge in [-0.3, -0.25) is 4.79 Å². The van der Waals surface area contributed by atoms with Crippen molar-refractivity contribution >= 4 is 11.9 Å². The summed E-state index contributed by atoms with van der Waals surface area (Å²) in [5.74, 6) is -0.152. The van der Waals surface area contributed by atoms with Crippen LogP contribution in [0, 0.1) is 5.41 Å². The predicted molar refractivity (Wildman–Crippen MR) is 62.6 cm³/mol. The number of carboxylic acids is 1. The van der Waals surface area contributed by atoms with Gasteiger partial charge in [-0.05, 0) is 6.92 Å². The molecular weight excluding hydrogens is 238 g/mol. The number of aromatic nitrogens is 2. The molecule has 0 aromatic carbocycles. The first-order valence-corrected chi connectivity index (χ1v) is 5.51. The summed E-state index contributed by atoms with van der Waals surface area (Å²) >= 11 is 0. The number of rotatable bonds is 4. The Morgan fingerprint density at radius 2 is 2.50 bits per heavy atom. The number of carboxylic acid groups (broad SMARTS) is 1. The summed E-state index contributed by atoms with van der Waals surface area (Å²) < 4.78 is 10.2. The van der Waals surface area contributed by atoms with Crippen LogP contribution in [-0.2, 0) is 9.53 Å². The molecule has 2 unspecified atom stereocenters. The second-order valence-corrected chi connectivity index (χ2v) is 4.36. The van der Waals surface area contributed by atoms with Crippen molar-refractivity contribution in [3.63, 3.8) is 0 Å². The molecule has 0 radical (unpaired) electrons. The van der Waals surface area contributed by atoms with Crippen molar-refractivity contribution in [2.24, 2.45) is 5.41 Å². The Morgan fingerprint density at radius 3 is 3.17 bits per heavy atom. The third-order valence-electron chi connectivity index (χ3n) is 3.09. The minimum atomic E-state index is -0.980. The van der Waals surface area contributed by atoms with Crippen molar-refractivity contribution in [1.82, 2.24) is 9.97 Å². The van der Waals surface area contributed by atoms with Crippen molar-refractivity contribution in [1.29, 1.82) is 0 Å². The van der Waals surface area contributed by atoms with Crippen LogP contribution in [0.4, 0.5) is 5.95 Å². The van der Waals surface area contributed by atoms with Gasteiger partial charge < -0.3 is 19.9 Å². The third-order valence-corrected chi connectivity index (χ3v) is 3.09. The Balaban J connectivity index is 2.15. The Hall–Kier alpha value is -1.89. The molecule has 7 heteroatoms. The average molecular weight is 253 g/mol. The molecule has 0 bridgehead atoms. The summed E-state index contributed by atoms with van der Waals surface area (Å²) in [6.07, 6.45) is 1.54. The van der Waals surface area contributed by atoms with Crippen molar-refractivity contribution in [2.75, 3.05) is 25.6 Å². The van der Waals surface area contributed by atoms with E-state index < -0.39 is 11.4 Å². The Kier molecular flexibility index (Phi) is 3.33. The first-order valence-electron chi connectivity index (χ1n) is 5.51. The number of methoxy groups -OCH3 is 1. The van der Waals surface area contributed by atoms with Crippen LogP contribution in [0.5, 0.6) is 5.88 Å². The number of nitrogens with one attached hydrogen (secondary N) is 1. The number of ether oxygens (including phenoxy) is 2. The topological polar surface area (TPSA) is 93.6 Å². The van der Waals surface area contributed by atoms with E-state index in [0.29, 0.717) is 18.4 Å². The molecule has 1 saturated heterocycles. The fraction of sp³-hybridized carbons (Fsp3) is 0.545. The smallest absolute Gasteiger partial charge is 0.313 e. The number of carbonyl (C=O) groups is 1. The molecule has 1 fully saturated rings. The van der Waals surface area contributed by atoms with Gasteiger partial charge in [0.15, 0.2) is 0 Å². The molecule has 2 atom stereocenters. The summed E-state index contributed by atoms with van der Waals surface area (Å²) in [5.41, 5.74) is -0.980. The van der Waals surface area contributed by atoms with E-state index >= 15 is 0 Å². The van der Waals surface area contributed by atoms with Gasteiger partial charge >= 0.3 is 5.97 Å². The van der Waals surface area contributed by atoms with Gasteiger partial charge in [0.25, 0.3) is 0 Å². The maximum atomic E-state index is 11.3. The van der Waals surface area contributed by atoms with Crippen molar-refractivity contribution < 1.29 is 19.4 Å². The number of aliphatic carboxylic acids is 1. The fourth-order valence-electron chi connectivity index (χ4n) is 1.77. The highest BCUT2D eigenvalue weighted by Gasteiger charge is 2.47. The van der Waals surface area contributed by atoms with E-state index in [0.717, 1.165) is 0 Å². The van der Waals surface area contributed by atoms with Gasteiger partial charge in [-0.15, -0.1) is 0 Å². The lowest BCUT2D eigenvalue weighted by Gasteiger charge is -2.25. The van der Waals surface area contributed by atoms with Gasteiger partial charge in [0.05, 0.1) is 26.4 Å². The first kappa shape index (κ1) is 12.6. The van der Waals surface area contributed by atoms with Crippen LogP contribution in [0.2, 0.25) is 0 Å². The minimum absolute atomic E-state index is 0.171. The minimum Gasteiger partial charge on any atom is -0.481 e. The Bertz CT molecular complexity index is 454. The highest BCUT2D eigenvalue weighted by Crippen LogP contribution is 2.30. The molecule has 2 N–H and O–H groups in total. The van der Waals surface area contributed by atoms with Gasteiger partial charge in [-0.1, -0.05) is 0 Å². The monoisotopic (exact) mass is 253 g/mol. The molecular formula is C11H15N3O4. The summed E-state index contributed by atoms with van der Waals surface area (Å²) in [5, 5.41) is 12.2. The van der Waals surface area contributed by atoms with Crippen molar-refractivity contribution in [2.45, 2.75) is 13.0 Å². The van der Waals surface area contributed by atoms with E-state index in [1.165, 1.54) is 7.11 Å². The summed E-state index contributed by atoms with van der Waals surface area (Å²) in [7, 11) is 1.51. The number of hydrogen-bond donors (Lipinski definition) is 2. The second-order valence-electron chi connectivity index (χ2n) is 4.36.